The van der Waals surface area contributed by atoms with Crippen molar-refractivity contribution >= 4 is 6.09 Å². The quantitative estimate of drug-likeness (QED) is 0.918. The number of rotatable bonds is 2. The van der Waals surface area contributed by atoms with Gasteiger partial charge >= 0.3 is 6.09 Å². The summed E-state index contributed by atoms with van der Waals surface area (Å²) in [4.78, 5) is 16.8. The standard InChI is InChI=1S/C15H17N3O3/c1-10-4-2-3-5-12(10)13-16-14(21-17-13)11-6-8-18(9-7-11)15(19)20/h2-5,11H,6-9H2,1H3,(H,19,20). The first kappa shape index (κ1) is 13.6. The third-order valence-electron chi connectivity index (χ3n) is 3.94. The van der Waals surface area contributed by atoms with E-state index < -0.39 is 6.09 Å². The topological polar surface area (TPSA) is 79.5 Å². The van der Waals surface area contributed by atoms with Crippen LogP contribution in [0.2, 0.25) is 0 Å². The van der Waals surface area contributed by atoms with Gasteiger partial charge in [0.15, 0.2) is 0 Å². The van der Waals surface area contributed by atoms with Crippen molar-refractivity contribution in [2.24, 2.45) is 0 Å². The van der Waals surface area contributed by atoms with Gasteiger partial charge < -0.3 is 14.5 Å². The molecule has 0 bridgehead atoms. The van der Waals surface area contributed by atoms with Crippen molar-refractivity contribution in [3.05, 3.63) is 35.7 Å². The lowest BCUT2D eigenvalue weighted by atomic mass is 9.97. The van der Waals surface area contributed by atoms with Crippen LogP contribution in [0.1, 0.15) is 30.2 Å². The van der Waals surface area contributed by atoms with E-state index in [0.717, 1.165) is 24.0 Å². The Bertz CT molecular complexity index is 645. The van der Waals surface area contributed by atoms with Crippen molar-refractivity contribution in [2.45, 2.75) is 25.7 Å². The normalized spacial score (nSPS) is 16.1. The summed E-state index contributed by atoms with van der Waals surface area (Å²) in [5.74, 6) is 1.35. The monoisotopic (exact) mass is 287 g/mol. The van der Waals surface area contributed by atoms with Crippen molar-refractivity contribution in [1.82, 2.24) is 15.0 Å². The summed E-state index contributed by atoms with van der Waals surface area (Å²) in [6.45, 7) is 3.04. The molecule has 1 N–H and O–H groups in total. The molecule has 0 aliphatic carbocycles. The molecule has 2 heterocycles. The minimum atomic E-state index is -0.862. The molecule has 6 heteroatoms. The van der Waals surface area contributed by atoms with Gasteiger partial charge in [0.1, 0.15) is 0 Å². The molecule has 1 fully saturated rings. The number of nitrogens with zero attached hydrogens (tertiary/aromatic N) is 3. The molecular formula is C15H17N3O3. The highest BCUT2D eigenvalue weighted by Gasteiger charge is 2.27. The minimum absolute atomic E-state index is 0.144. The smallest absolute Gasteiger partial charge is 0.407 e. The zero-order valence-corrected chi connectivity index (χ0v) is 11.8. The van der Waals surface area contributed by atoms with Crippen molar-refractivity contribution in [3.63, 3.8) is 0 Å². The van der Waals surface area contributed by atoms with E-state index in [4.69, 9.17) is 9.63 Å². The molecule has 110 valence electrons. The molecule has 1 aliphatic rings. The van der Waals surface area contributed by atoms with Crippen LogP contribution in [0.25, 0.3) is 11.4 Å². The highest BCUT2D eigenvalue weighted by atomic mass is 16.5. The number of likely N-dealkylation sites (tertiary alicyclic amines) is 1. The van der Waals surface area contributed by atoms with Crippen LogP contribution in [-0.4, -0.2) is 39.3 Å². The molecule has 1 aromatic carbocycles. The molecular weight excluding hydrogens is 270 g/mol. The number of carbonyl (C=O) groups is 1. The van der Waals surface area contributed by atoms with E-state index in [1.807, 2.05) is 31.2 Å². The van der Waals surface area contributed by atoms with Crippen LogP contribution in [0.15, 0.2) is 28.8 Å². The van der Waals surface area contributed by atoms with E-state index in [0.29, 0.717) is 24.8 Å². The Morgan fingerprint density at radius 2 is 2.05 bits per heavy atom. The van der Waals surface area contributed by atoms with Gasteiger partial charge in [-0.05, 0) is 25.3 Å². The van der Waals surface area contributed by atoms with Gasteiger partial charge in [0.05, 0.1) is 0 Å². The molecule has 1 amide bonds. The van der Waals surface area contributed by atoms with E-state index >= 15 is 0 Å². The summed E-state index contributed by atoms with van der Waals surface area (Å²) in [6.07, 6.45) is 0.586. The van der Waals surface area contributed by atoms with Gasteiger partial charge in [-0.15, -0.1) is 0 Å². The van der Waals surface area contributed by atoms with E-state index in [1.165, 1.54) is 4.90 Å². The van der Waals surface area contributed by atoms with Gasteiger partial charge in [-0.1, -0.05) is 29.4 Å². The fourth-order valence-electron chi connectivity index (χ4n) is 2.65. The Balaban J connectivity index is 1.74. The summed E-state index contributed by atoms with van der Waals surface area (Å²) < 4.78 is 5.38. The average Bonchev–Trinajstić information content (AvgIpc) is 2.97. The van der Waals surface area contributed by atoms with Crippen LogP contribution in [0.3, 0.4) is 0 Å². The van der Waals surface area contributed by atoms with Crippen LogP contribution in [0, 0.1) is 6.92 Å². The van der Waals surface area contributed by atoms with E-state index in [2.05, 4.69) is 10.1 Å². The number of hydrogen-bond donors (Lipinski definition) is 1. The molecule has 2 aromatic rings. The summed E-state index contributed by atoms with van der Waals surface area (Å²) in [5.41, 5.74) is 2.07. The molecule has 0 unspecified atom stereocenters. The van der Waals surface area contributed by atoms with Gasteiger partial charge in [0.25, 0.3) is 0 Å². The lowest BCUT2D eigenvalue weighted by molar-refractivity contribution is 0.128. The fraction of sp³-hybridized carbons (Fsp3) is 0.400. The Hall–Kier alpha value is -2.37. The molecule has 0 spiro atoms. The number of benzene rings is 1. The maximum absolute atomic E-state index is 10.9. The van der Waals surface area contributed by atoms with Crippen LogP contribution in [0.4, 0.5) is 4.79 Å². The highest BCUT2D eigenvalue weighted by molar-refractivity contribution is 5.65. The van der Waals surface area contributed by atoms with Gasteiger partial charge in [-0.3, -0.25) is 0 Å². The summed E-state index contributed by atoms with van der Waals surface area (Å²) in [7, 11) is 0. The third kappa shape index (κ3) is 2.74. The van der Waals surface area contributed by atoms with Crippen molar-refractivity contribution in [2.75, 3.05) is 13.1 Å². The highest BCUT2D eigenvalue weighted by Crippen LogP contribution is 2.29. The number of aryl methyl sites for hydroxylation is 1. The first-order chi connectivity index (χ1) is 10.1. The lowest BCUT2D eigenvalue weighted by Gasteiger charge is -2.27. The van der Waals surface area contributed by atoms with Crippen LogP contribution >= 0.6 is 0 Å². The number of carboxylic acid groups (broad SMARTS) is 1. The Kier molecular flexibility index (Phi) is 3.60. The second kappa shape index (κ2) is 5.55. The molecule has 0 saturated carbocycles. The van der Waals surface area contributed by atoms with Crippen LogP contribution in [-0.2, 0) is 0 Å². The van der Waals surface area contributed by atoms with Crippen molar-refractivity contribution < 1.29 is 14.4 Å². The van der Waals surface area contributed by atoms with Gasteiger partial charge in [0, 0.05) is 24.6 Å². The van der Waals surface area contributed by atoms with E-state index in [9.17, 15) is 4.79 Å². The van der Waals surface area contributed by atoms with Gasteiger partial charge in [-0.2, -0.15) is 4.98 Å². The predicted molar refractivity (Wildman–Crippen MR) is 76.0 cm³/mol. The first-order valence-electron chi connectivity index (χ1n) is 7.02. The molecule has 1 aliphatic heterocycles. The molecule has 21 heavy (non-hydrogen) atoms. The second-order valence-corrected chi connectivity index (χ2v) is 5.32. The largest absolute Gasteiger partial charge is 0.465 e. The molecule has 0 radical (unpaired) electrons. The zero-order valence-electron chi connectivity index (χ0n) is 11.8. The zero-order chi connectivity index (χ0) is 14.8. The molecule has 6 nitrogen and oxygen atoms in total. The predicted octanol–water partition coefficient (Wildman–Crippen LogP) is 2.90. The molecule has 1 aromatic heterocycles. The van der Waals surface area contributed by atoms with Crippen LogP contribution in [0.5, 0.6) is 0 Å². The summed E-state index contributed by atoms with van der Waals surface area (Å²) in [5, 5.41) is 13.0. The third-order valence-corrected chi connectivity index (χ3v) is 3.94. The Morgan fingerprint density at radius 1 is 1.33 bits per heavy atom. The maximum atomic E-state index is 10.9. The number of amides is 1. The van der Waals surface area contributed by atoms with Crippen molar-refractivity contribution in [1.29, 1.82) is 0 Å². The molecule has 1 saturated heterocycles. The Morgan fingerprint density at radius 3 is 2.71 bits per heavy atom. The van der Waals surface area contributed by atoms with E-state index in [-0.39, 0.29) is 5.92 Å². The van der Waals surface area contributed by atoms with Gasteiger partial charge in [0.2, 0.25) is 11.7 Å². The fourth-order valence-corrected chi connectivity index (χ4v) is 2.65. The Labute approximate surface area is 122 Å². The molecule has 3 rings (SSSR count). The number of hydrogen-bond acceptors (Lipinski definition) is 4. The van der Waals surface area contributed by atoms with E-state index in [1.54, 1.807) is 0 Å². The summed E-state index contributed by atoms with van der Waals surface area (Å²) >= 11 is 0. The van der Waals surface area contributed by atoms with Crippen molar-refractivity contribution in [3.8, 4) is 11.4 Å². The first-order valence-corrected chi connectivity index (χ1v) is 7.02. The van der Waals surface area contributed by atoms with Gasteiger partial charge in [-0.25, -0.2) is 4.79 Å². The minimum Gasteiger partial charge on any atom is -0.465 e. The van der Waals surface area contributed by atoms with Crippen LogP contribution < -0.4 is 0 Å². The summed E-state index contributed by atoms with van der Waals surface area (Å²) in [6, 6.07) is 7.90. The number of piperidine rings is 1. The lowest BCUT2D eigenvalue weighted by Crippen LogP contribution is -2.36. The number of aromatic nitrogens is 2. The maximum Gasteiger partial charge on any atom is 0.407 e. The SMILES string of the molecule is Cc1ccccc1-c1noc(C2CCN(C(=O)O)CC2)n1. The molecule has 0 atom stereocenters. The average molecular weight is 287 g/mol. The second-order valence-electron chi connectivity index (χ2n) is 5.32.